The van der Waals surface area contributed by atoms with Crippen LogP contribution in [-0.2, 0) is 0 Å². The van der Waals surface area contributed by atoms with Gasteiger partial charge in [0.15, 0.2) is 4.34 Å². The molecule has 0 bridgehead atoms. The van der Waals surface area contributed by atoms with Crippen molar-refractivity contribution in [2.75, 3.05) is 0 Å². The fourth-order valence-corrected chi connectivity index (χ4v) is 2.64. The van der Waals surface area contributed by atoms with Crippen LogP contribution >= 0.6 is 23.1 Å². The normalized spacial score (nSPS) is 15.1. The zero-order chi connectivity index (χ0) is 10.7. The zero-order valence-electron chi connectivity index (χ0n) is 7.71. The Bertz CT molecular complexity index is 326. The topological polar surface area (TPSA) is 76.3 Å². The maximum atomic E-state index is 10.4. The monoisotopic (exact) mass is 234 g/mol. The molecular weight excluding hydrogens is 224 g/mol. The fourth-order valence-electron chi connectivity index (χ4n) is 0.646. The average molecular weight is 234 g/mol. The molecule has 1 rings (SSSR count). The Morgan fingerprint density at radius 2 is 2.36 bits per heavy atom. The molecule has 0 aliphatic rings. The minimum absolute atomic E-state index is 0.0132. The Kier molecular flexibility index (Phi) is 3.85. The van der Waals surface area contributed by atoms with E-state index in [1.807, 2.05) is 6.92 Å². The molecule has 78 valence electrons. The van der Waals surface area contributed by atoms with Crippen LogP contribution in [0.15, 0.2) is 10.5 Å². The van der Waals surface area contributed by atoms with Gasteiger partial charge in [-0.2, -0.15) is 0 Å². The van der Waals surface area contributed by atoms with E-state index in [4.69, 9.17) is 0 Å². The average Bonchev–Trinajstić information content (AvgIpc) is 2.52. The summed E-state index contributed by atoms with van der Waals surface area (Å²) in [6.07, 6.45) is 0.782. The molecule has 1 aromatic rings. The predicted octanol–water partition coefficient (Wildman–Crippen LogP) is 1.91. The van der Waals surface area contributed by atoms with Gasteiger partial charge in [-0.25, -0.2) is 4.98 Å². The highest BCUT2D eigenvalue weighted by atomic mass is 32.2. The van der Waals surface area contributed by atoms with Gasteiger partial charge >= 0.3 is 5.00 Å². The molecule has 2 atom stereocenters. The number of aromatic nitrogens is 1. The first kappa shape index (κ1) is 11.4. The van der Waals surface area contributed by atoms with E-state index in [0.29, 0.717) is 4.34 Å². The second kappa shape index (κ2) is 4.72. The number of hydrogen-bond donors (Lipinski definition) is 1. The number of rotatable bonds is 4. The maximum absolute atomic E-state index is 10.4. The van der Waals surface area contributed by atoms with Crippen LogP contribution in [0.5, 0.6) is 0 Å². The highest BCUT2D eigenvalue weighted by molar-refractivity contribution is 8.01. The number of hydrogen-bond acceptors (Lipinski definition) is 6. The lowest BCUT2D eigenvalue weighted by molar-refractivity contribution is -0.380. The molecule has 0 saturated carbocycles. The number of thiazole rings is 1. The van der Waals surface area contributed by atoms with Crippen molar-refractivity contribution >= 4 is 28.1 Å². The van der Waals surface area contributed by atoms with Gasteiger partial charge in [0.05, 0.1) is 11.0 Å². The highest BCUT2D eigenvalue weighted by Gasteiger charge is 2.16. The van der Waals surface area contributed by atoms with Crippen LogP contribution in [0.4, 0.5) is 5.00 Å². The van der Waals surface area contributed by atoms with Gasteiger partial charge in [0.2, 0.25) is 0 Å². The number of thioether (sulfide) groups is 1. The van der Waals surface area contributed by atoms with Gasteiger partial charge in [0.25, 0.3) is 0 Å². The molecule has 0 aromatic carbocycles. The molecule has 1 heterocycles. The molecule has 0 saturated heterocycles. The van der Waals surface area contributed by atoms with E-state index >= 15 is 0 Å². The van der Waals surface area contributed by atoms with Crippen molar-refractivity contribution in [2.24, 2.45) is 0 Å². The van der Waals surface area contributed by atoms with Crippen LogP contribution < -0.4 is 0 Å². The molecule has 2 unspecified atom stereocenters. The largest absolute Gasteiger partial charge is 0.392 e. The van der Waals surface area contributed by atoms with Crippen molar-refractivity contribution in [2.45, 2.75) is 29.5 Å². The molecule has 1 N–H and O–H groups in total. The van der Waals surface area contributed by atoms with Crippen molar-refractivity contribution in [1.29, 1.82) is 0 Å². The molecule has 0 fully saturated rings. The van der Waals surface area contributed by atoms with Gasteiger partial charge in [0.1, 0.15) is 6.20 Å². The first-order valence-electron chi connectivity index (χ1n) is 3.95. The van der Waals surface area contributed by atoms with Gasteiger partial charge < -0.3 is 5.11 Å². The van der Waals surface area contributed by atoms with E-state index in [2.05, 4.69) is 4.98 Å². The van der Waals surface area contributed by atoms with Crippen LogP contribution in [0, 0.1) is 10.1 Å². The van der Waals surface area contributed by atoms with E-state index in [9.17, 15) is 15.2 Å². The van der Waals surface area contributed by atoms with Crippen molar-refractivity contribution in [3.63, 3.8) is 0 Å². The van der Waals surface area contributed by atoms with Gasteiger partial charge in [-0.15, -0.1) is 0 Å². The van der Waals surface area contributed by atoms with Gasteiger partial charge in [-0.3, -0.25) is 10.1 Å². The smallest absolute Gasteiger partial charge is 0.344 e. The van der Waals surface area contributed by atoms with Crippen molar-refractivity contribution in [3.05, 3.63) is 16.3 Å². The number of aliphatic hydroxyl groups is 1. The first-order valence-corrected chi connectivity index (χ1v) is 5.65. The van der Waals surface area contributed by atoms with Gasteiger partial charge in [-0.05, 0) is 18.3 Å². The Morgan fingerprint density at radius 1 is 1.71 bits per heavy atom. The van der Waals surface area contributed by atoms with Crippen LogP contribution in [0.1, 0.15) is 13.8 Å². The molecule has 0 amide bonds. The molecule has 1 aromatic heterocycles. The van der Waals surface area contributed by atoms with E-state index in [1.165, 1.54) is 18.0 Å². The summed E-state index contributed by atoms with van der Waals surface area (Å²) in [4.78, 5) is 13.8. The molecule has 0 aliphatic carbocycles. The third-order valence-electron chi connectivity index (χ3n) is 1.62. The van der Waals surface area contributed by atoms with E-state index in [1.54, 1.807) is 6.92 Å². The lowest BCUT2D eigenvalue weighted by Crippen LogP contribution is -2.14. The van der Waals surface area contributed by atoms with Crippen molar-refractivity contribution in [3.8, 4) is 0 Å². The van der Waals surface area contributed by atoms with Crippen molar-refractivity contribution < 1.29 is 10.0 Å². The zero-order valence-corrected chi connectivity index (χ0v) is 9.34. The summed E-state index contributed by atoms with van der Waals surface area (Å²) in [5, 5.41) is 19.6. The quantitative estimate of drug-likeness (QED) is 0.489. The van der Waals surface area contributed by atoms with Crippen LogP contribution in [0.2, 0.25) is 0 Å². The second-order valence-corrected chi connectivity index (χ2v) is 5.42. The number of nitro groups is 1. The Labute approximate surface area is 89.3 Å². The van der Waals surface area contributed by atoms with Gasteiger partial charge in [0, 0.05) is 5.25 Å². The molecule has 0 aliphatic heterocycles. The van der Waals surface area contributed by atoms with Crippen LogP contribution in [0.3, 0.4) is 0 Å². The van der Waals surface area contributed by atoms with Gasteiger partial charge in [-0.1, -0.05) is 18.7 Å². The number of nitrogens with zero attached hydrogens (tertiary/aromatic N) is 2. The molecule has 0 spiro atoms. The number of aliphatic hydroxyl groups excluding tert-OH is 1. The van der Waals surface area contributed by atoms with Crippen molar-refractivity contribution in [1.82, 2.24) is 4.98 Å². The molecule has 7 heteroatoms. The Hall–Kier alpha value is -0.660. The molecule has 14 heavy (non-hydrogen) atoms. The summed E-state index contributed by atoms with van der Waals surface area (Å²) < 4.78 is 0.616. The maximum Gasteiger partial charge on any atom is 0.344 e. The van der Waals surface area contributed by atoms with Crippen LogP contribution in [-0.4, -0.2) is 26.4 Å². The van der Waals surface area contributed by atoms with E-state index in [0.717, 1.165) is 11.3 Å². The highest BCUT2D eigenvalue weighted by Crippen LogP contribution is 2.32. The summed E-state index contributed by atoms with van der Waals surface area (Å²) in [5.74, 6) is 0. The summed E-state index contributed by atoms with van der Waals surface area (Å²) in [7, 11) is 0. The summed E-state index contributed by atoms with van der Waals surface area (Å²) in [6, 6.07) is 0. The standard InChI is InChI=1S/C7H10N2O3S2/c1-4(10)5(2)13-7-8-3-6(14-7)9(11)12/h3-5,10H,1-2H3. The molecule has 5 nitrogen and oxygen atoms in total. The predicted molar refractivity (Wildman–Crippen MR) is 55.8 cm³/mol. The second-order valence-electron chi connectivity index (χ2n) is 2.79. The summed E-state index contributed by atoms with van der Waals surface area (Å²) in [6.45, 7) is 3.53. The fraction of sp³-hybridized carbons (Fsp3) is 0.571. The lowest BCUT2D eigenvalue weighted by Gasteiger charge is -2.10. The summed E-state index contributed by atoms with van der Waals surface area (Å²) in [5.41, 5.74) is 0. The SMILES string of the molecule is CC(O)C(C)Sc1ncc([N+](=O)[O-])s1. The first-order chi connectivity index (χ1) is 6.50. The Balaban J connectivity index is 2.64. The van der Waals surface area contributed by atoms with E-state index in [-0.39, 0.29) is 10.3 Å². The summed E-state index contributed by atoms with van der Waals surface area (Å²) >= 11 is 2.37. The van der Waals surface area contributed by atoms with E-state index < -0.39 is 11.0 Å². The minimum Gasteiger partial charge on any atom is -0.392 e. The molecular formula is C7H10N2O3S2. The minimum atomic E-state index is -0.464. The third-order valence-corrected chi connectivity index (χ3v) is 3.97. The lowest BCUT2D eigenvalue weighted by atomic mass is 10.3. The van der Waals surface area contributed by atoms with Crippen LogP contribution in [0.25, 0.3) is 0 Å². The Morgan fingerprint density at radius 3 is 2.79 bits per heavy atom. The molecule has 0 radical (unpaired) electrons. The third kappa shape index (κ3) is 2.93.